The van der Waals surface area contributed by atoms with Gasteiger partial charge in [-0.05, 0) is 24.3 Å². The number of amides is 1. The number of hydrogen-bond acceptors (Lipinski definition) is 2. The van der Waals surface area contributed by atoms with Crippen molar-refractivity contribution in [3.05, 3.63) is 12.2 Å². The summed E-state index contributed by atoms with van der Waals surface area (Å²) >= 11 is 0. The van der Waals surface area contributed by atoms with Crippen LogP contribution >= 0.6 is 0 Å². The Morgan fingerprint density at radius 1 is 1.69 bits per heavy atom. The number of nitrogens with zero attached hydrogens (tertiary/aromatic N) is 1. The second kappa shape index (κ2) is 4.21. The van der Waals surface area contributed by atoms with Gasteiger partial charge in [0.2, 0.25) is 5.91 Å². The van der Waals surface area contributed by atoms with Gasteiger partial charge in [0, 0.05) is 5.71 Å². The first kappa shape index (κ1) is 9.96. The van der Waals surface area contributed by atoms with Crippen LogP contribution in [0.2, 0.25) is 0 Å². The van der Waals surface area contributed by atoms with Gasteiger partial charge in [0.1, 0.15) is 6.54 Å². The third-order valence-electron chi connectivity index (χ3n) is 2.46. The monoisotopic (exact) mass is 180 g/mol. The second-order valence-corrected chi connectivity index (χ2v) is 3.67. The van der Waals surface area contributed by atoms with Gasteiger partial charge in [-0.15, -0.1) is 0 Å². The normalized spacial score (nSPS) is 30.8. The molecule has 1 amide bonds. The minimum Gasteiger partial charge on any atom is -0.368 e. The van der Waals surface area contributed by atoms with E-state index in [0.29, 0.717) is 11.8 Å². The Bertz CT molecular complexity index is 256. The molecule has 2 N–H and O–H groups in total. The third kappa shape index (κ3) is 3.01. The molecule has 0 radical (unpaired) electrons. The van der Waals surface area contributed by atoms with E-state index in [4.69, 9.17) is 5.73 Å². The summed E-state index contributed by atoms with van der Waals surface area (Å²) in [6, 6.07) is 0. The van der Waals surface area contributed by atoms with Crippen molar-refractivity contribution in [3.63, 3.8) is 0 Å². The van der Waals surface area contributed by atoms with Crippen molar-refractivity contribution in [2.75, 3.05) is 6.54 Å². The molecule has 72 valence electrons. The smallest absolute Gasteiger partial charge is 0.239 e. The first-order valence-electron chi connectivity index (χ1n) is 4.59. The number of aliphatic imine (C=N–C) groups is 1. The summed E-state index contributed by atoms with van der Waals surface area (Å²) in [7, 11) is 0. The third-order valence-corrected chi connectivity index (χ3v) is 2.46. The molecule has 0 saturated heterocycles. The predicted molar refractivity (Wildman–Crippen MR) is 53.6 cm³/mol. The predicted octanol–water partition coefficient (Wildman–Crippen LogP) is 1.14. The van der Waals surface area contributed by atoms with Crippen LogP contribution in [0.25, 0.3) is 0 Å². The standard InChI is InChI=1S/C10H16N2O/c1-7-3-4-9(5-8(7)2)12-6-10(11)13/h3-4,7-8H,5-6H2,1-2H3,(H2,11,13). The van der Waals surface area contributed by atoms with E-state index in [9.17, 15) is 4.79 Å². The Morgan fingerprint density at radius 2 is 2.38 bits per heavy atom. The lowest BCUT2D eigenvalue weighted by Crippen LogP contribution is -2.19. The van der Waals surface area contributed by atoms with Gasteiger partial charge in [-0.2, -0.15) is 0 Å². The number of primary amides is 1. The van der Waals surface area contributed by atoms with Crippen molar-refractivity contribution in [1.29, 1.82) is 0 Å². The second-order valence-electron chi connectivity index (χ2n) is 3.67. The van der Waals surface area contributed by atoms with Crippen LogP contribution in [0.15, 0.2) is 17.1 Å². The highest BCUT2D eigenvalue weighted by atomic mass is 16.1. The van der Waals surface area contributed by atoms with E-state index in [0.717, 1.165) is 12.1 Å². The molecular formula is C10H16N2O. The van der Waals surface area contributed by atoms with E-state index in [1.54, 1.807) is 0 Å². The number of hydrogen-bond donors (Lipinski definition) is 1. The molecule has 0 saturated carbocycles. The van der Waals surface area contributed by atoms with Gasteiger partial charge in [-0.25, -0.2) is 0 Å². The first-order chi connectivity index (χ1) is 6.09. The van der Waals surface area contributed by atoms with Gasteiger partial charge < -0.3 is 5.73 Å². The zero-order chi connectivity index (χ0) is 9.84. The van der Waals surface area contributed by atoms with Crippen LogP contribution in [-0.4, -0.2) is 18.2 Å². The summed E-state index contributed by atoms with van der Waals surface area (Å²) in [5.74, 6) is 0.844. The van der Waals surface area contributed by atoms with Crippen molar-refractivity contribution in [2.45, 2.75) is 20.3 Å². The molecule has 0 spiro atoms. The quantitative estimate of drug-likeness (QED) is 0.680. The molecule has 2 unspecified atom stereocenters. The van der Waals surface area contributed by atoms with Crippen LogP contribution in [-0.2, 0) is 4.79 Å². The Morgan fingerprint density at radius 3 is 2.92 bits per heavy atom. The van der Waals surface area contributed by atoms with Crippen LogP contribution < -0.4 is 5.73 Å². The summed E-state index contributed by atoms with van der Waals surface area (Å²) in [6.45, 7) is 4.49. The summed E-state index contributed by atoms with van der Waals surface area (Å²) in [4.78, 5) is 14.6. The zero-order valence-corrected chi connectivity index (χ0v) is 8.16. The van der Waals surface area contributed by atoms with Crippen LogP contribution in [0, 0.1) is 11.8 Å². The molecule has 13 heavy (non-hydrogen) atoms. The van der Waals surface area contributed by atoms with E-state index >= 15 is 0 Å². The molecule has 0 aromatic rings. The average molecular weight is 180 g/mol. The number of carbonyl (C=O) groups is 1. The summed E-state index contributed by atoms with van der Waals surface area (Å²) in [6.07, 6.45) is 5.08. The van der Waals surface area contributed by atoms with Crippen molar-refractivity contribution in [2.24, 2.45) is 22.6 Å². The van der Waals surface area contributed by atoms with Crippen LogP contribution in [0.5, 0.6) is 0 Å². The SMILES string of the molecule is CC1C=CC(=NCC(N)=O)CC1C. The molecular weight excluding hydrogens is 164 g/mol. The molecule has 1 aliphatic carbocycles. The Labute approximate surface area is 78.7 Å². The van der Waals surface area contributed by atoms with Crippen LogP contribution in [0.3, 0.4) is 0 Å². The Hall–Kier alpha value is -1.12. The molecule has 3 heteroatoms. The lowest BCUT2D eigenvalue weighted by Gasteiger charge is -2.21. The lowest BCUT2D eigenvalue weighted by atomic mass is 9.86. The van der Waals surface area contributed by atoms with E-state index in [-0.39, 0.29) is 12.5 Å². The minimum absolute atomic E-state index is 0.112. The number of carbonyl (C=O) groups excluding carboxylic acids is 1. The molecule has 0 fully saturated rings. The van der Waals surface area contributed by atoms with E-state index in [1.165, 1.54) is 0 Å². The van der Waals surface area contributed by atoms with Gasteiger partial charge >= 0.3 is 0 Å². The topological polar surface area (TPSA) is 55.4 Å². The highest BCUT2D eigenvalue weighted by molar-refractivity contribution is 5.97. The number of rotatable bonds is 2. The molecule has 1 rings (SSSR count). The molecule has 0 aromatic carbocycles. The van der Waals surface area contributed by atoms with Crippen molar-refractivity contribution < 1.29 is 4.79 Å². The summed E-state index contributed by atoms with van der Waals surface area (Å²) in [5.41, 5.74) is 5.99. The average Bonchev–Trinajstić information content (AvgIpc) is 2.07. The van der Waals surface area contributed by atoms with Crippen LogP contribution in [0.4, 0.5) is 0 Å². The summed E-state index contributed by atoms with van der Waals surface area (Å²) < 4.78 is 0. The van der Waals surface area contributed by atoms with E-state index in [2.05, 4.69) is 24.9 Å². The van der Waals surface area contributed by atoms with E-state index < -0.39 is 0 Å². The molecule has 0 aliphatic heterocycles. The molecule has 0 heterocycles. The Balaban J connectivity index is 2.58. The van der Waals surface area contributed by atoms with Gasteiger partial charge in [0.15, 0.2) is 0 Å². The molecule has 0 aromatic heterocycles. The fourth-order valence-electron chi connectivity index (χ4n) is 1.33. The van der Waals surface area contributed by atoms with Gasteiger partial charge in [-0.3, -0.25) is 9.79 Å². The van der Waals surface area contributed by atoms with Crippen LogP contribution in [0.1, 0.15) is 20.3 Å². The van der Waals surface area contributed by atoms with Gasteiger partial charge in [0.25, 0.3) is 0 Å². The van der Waals surface area contributed by atoms with Gasteiger partial charge in [0.05, 0.1) is 0 Å². The fourth-order valence-corrected chi connectivity index (χ4v) is 1.33. The largest absolute Gasteiger partial charge is 0.368 e. The van der Waals surface area contributed by atoms with Crippen molar-refractivity contribution >= 4 is 11.6 Å². The highest BCUT2D eigenvalue weighted by Crippen LogP contribution is 2.21. The maximum atomic E-state index is 10.5. The molecule has 3 nitrogen and oxygen atoms in total. The zero-order valence-electron chi connectivity index (χ0n) is 8.16. The maximum absolute atomic E-state index is 10.5. The molecule has 0 bridgehead atoms. The maximum Gasteiger partial charge on any atom is 0.239 e. The number of nitrogens with two attached hydrogens (primary N) is 1. The first-order valence-corrected chi connectivity index (χ1v) is 4.59. The van der Waals surface area contributed by atoms with Crippen molar-refractivity contribution in [3.8, 4) is 0 Å². The van der Waals surface area contributed by atoms with Gasteiger partial charge in [-0.1, -0.05) is 19.9 Å². The summed E-state index contributed by atoms with van der Waals surface area (Å²) in [5, 5.41) is 0. The lowest BCUT2D eigenvalue weighted by molar-refractivity contribution is -0.116. The Kier molecular flexibility index (Phi) is 3.23. The molecule has 2 atom stereocenters. The molecule has 1 aliphatic rings. The minimum atomic E-state index is -0.368. The highest BCUT2D eigenvalue weighted by Gasteiger charge is 2.15. The van der Waals surface area contributed by atoms with Crippen molar-refractivity contribution in [1.82, 2.24) is 0 Å². The number of allylic oxidation sites excluding steroid dienone is 2. The van der Waals surface area contributed by atoms with E-state index in [1.807, 2.05) is 6.08 Å². The fraction of sp³-hybridized carbons (Fsp3) is 0.600.